The molecule has 0 unspecified atom stereocenters. The van der Waals surface area contributed by atoms with E-state index < -0.39 is 0 Å². The normalized spacial score (nSPS) is 10.3. The topological polar surface area (TPSA) is 73.9 Å². The van der Waals surface area contributed by atoms with Crippen molar-refractivity contribution < 1.29 is 9.15 Å². The molecule has 0 N–H and O–H groups in total. The minimum Gasteiger partial charge on any atom is -0.466 e. The van der Waals surface area contributed by atoms with Crippen LogP contribution >= 0.6 is 0 Å². The third kappa shape index (κ3) is 2.49. The lowest BCUT2D eigenvalue weighted by Crippen LogP contribution is -1.98. The van der Waals surface area contributed by atoms with E-state index in [-0.39, 0.29) is 6.61 Å². The first kappa shape index (κ1) is 9.57. The number of aromatic nitrogens is 4. The van der Waals surface area contributed by atoms with Gasteiger partial charge in [0, 0.05) is 6.92 Å². The average molecular weight is 206 g/mol. The van der Waals surface area contributed by atoms with E-state index in [1.54, 1.807) is 19.3 Å². The van der Waals surface area contributed by atoms with Gasteiger partial charge in [0.2, 0.25) is 11.8 Å². The summed E-state index contributed by atoms with van der Waals surface area (Å²) in [5.41, 5.74) is 0.844. The second-order valence-corrected chi connectivity index (χ2v) is 3.00. The molecule has 6 heteroatoms. The first-order valence-corrected chi connectivity index (χ1v) is 4.44. The predicted molar refractivity (Wildman–Crippen MR) is 50.1 cm³/mol. The van der Waals surface area contributed by atoms with Crippen molar-refractivity contribution in [3.63, 3.8) is 0 Å². The molecule has 2 rings (SSSR count). The fourth-order valence-electron chi connectivity index (χ4n) is 0.987. The maximum absolute atomic E-state index is 5.29. The molecule has 78 valence electrons. The quantitative estimate of drug-likeness (QED) is 0.747. The van der Waals surface area contributed by atoms with E-state index in [1.165, 1.54) is 0 Å². The molecular weight excluding hydrogens is 196 g/mol. The van der Waals surface area contributed by atoms with Crippen LogP contribution in [0.15, 0.2) is 16.8 Å². The molecule has 0 aliphatic heterocycles. The molecule has 0 spiro atoms. The fourth-order valence-corrected chi connectivity index (χ4v) is 0.987. The molecule has 6 nitrogen and oxygen atoms in total. The van der Waals surface area contributed by atoms with Crippen LogP contribution < -0.4 is 4.74 Å². The third-order valence-corrected chi connectivity index (χ3v) is 1.67. The average Bonchev–Trinajstić information content (AvgIpc) is 2.64. The van der Waals surface area contributed by atoms with Crippen molar-refractivity contribution in [2.75, 3.05) is 0 Å². The molecule has 0 bridgehead atoms. The van der Waals surface area contributed by atoms with Crippen LogP contribution in [0.3, 0.4) is 0 Å². The predicted octanol–water partition coefficient (Wildman–Crippen LogP) is 1.06. The van der Waals surface area contributed by atoms with Crippen LogP contribution in [0.4, 0.5) is 0 Å². The zero-order valence-electron chi connectivity index (χ0n) is 8.47. The Kier molecular flexibility index (Phi) is 2.57. The van der Waals surface area contributed by atoms with Gasteiger partial charge >= 0.3 is 0 Å². The lowest BCUT2D eigenvalue weighted by molar-refractivity contribution is 0.250. The van der Waals surface area contributed by atoms with Gasteiger partial charge in [-0.3, -0.25) is 4.98 Å². The smallest absolute Gasteiger partial charge is 0.253 e. The summed E-state index contributed by atoms with van der Waals surface area (Å²) in [4.78, 5) is 8.07. The zero-order valence-corrected chi connectivity index (χ0v) is 8.47. The zero-order chi connectivity index (χ0) is 10.7. The van der Waals surface area contributed by atoms with Crippen molar-refractivity contribution in [3.8, 4) is 5.88 Å². The van der Waals surface area contributed by atoms with Gasteiger partial charge in [0.1, 0.15) is 0 Å². The van der Waals surface area contributed by atoms with Gasteiger partial charge in [0.05, 0.1) is 18.1 Å². The van der Waals surface area contributed by atoms with E-state index >= 15 is 0 Å². The van der Waals surface area contributed by atoms with Crippen molar-refractivity contribution in [3.05, 3.63) is 29.9 Å². The van der Waals surface area contributed by atoms with Gasteiger partial charge in [-0.25, -0.2) is 4.98 Å². The minimum atomic E-state index is 0.207. The summed E-state index contributed by atoms with van der Waals surface area (Å²) in [7, 11) is 0. The van der Waals surface area contributed by atoms with Gasteiger partial charge in [0.25, 0.3) is 5.89 Å². The number of ether oxygens (including phenoxy) is 1. The molecular formula is C9H10N4O2. The second kappa shape index (κ2) is 4.04. The molecule has 0 aliphatic carbocycles. The Morgan fingerprint density at radius 3 is 2.67 bits per heavy atom. The van der Waals surface area contributed by atoms with Crippen molar-refractivity contribution in [1.82, 2.24) is 20.2 Å². The summed E-state index contributed by atoms with van der Waals surface area (Å²) in [5.74, 6) is 1.38. The van der Waals surface area contributed by atoms with Crippen molar-refractivity contribution in [1.29, 1.82) is 0 Å². The van der Waals surface area contributed by atoms with Gasteiger partial charge in [-0.15, -0.1) is 10.2 Å². The van der Waals surface area contributed by atoms with Crippen LogP contribution in [0, 0.1) is 13.8 Å². The third-order valence-electron chi connectivity index (χ3n) is 1.67. The van der Waals surface area contributed by atoms with E-state index in [2.05, 4.69) is 20.2 Å². The fraction of sp³-hybridized carbons (Fsp3) is 0.333. The molecule has 0 amide bonds. The van der Waals surface area contributed by atoms with Crippen LogP contribution in [0.1, 0.15) is 17.5 Å². The largest absolute Gasteiger partial charge is 0.466 e. The standard InChI is InChI=1S/C9H10N4O2/c1-6-3-11-8(4-10-6)14-5-9-13-12-7(2)15-9/h3-4H,5H2,1-2H3. The summed E-state index contributed by atoms with van der Waals surface area (Å²) >= 11 is 0. The Balaban J connectivity index is 1.96. The molecule has 0 saturated heterocycles. The van der Waals surface area contributed by atoms with Crippen molar-refractivity contribution in [2.45, 2.75) is 20.5 Å². The number of rotatable bonds is 3. The van der Waals surface area contributed by atoms with Crippen LogP contribution in [-0.4, -0.2) is 20.2 Å². The van der Waals surface area contributed by atoms with Crippen LogP contribution in [0.25, 0.3) is 0 Å². The van der Waals surface area contributed by atoms with Crippen LogP contribution in [0.2, 0.25) is 0 Å². The molecule has 15 heavy (non-hydrogen) atoms. The summed E-state index contributed by atoms with van der Waals surface area (Å²) in [5, 5.41) is 7.47. The van der Waals surface area contributed by atoms with E-state index in [4.69, 9.17) is 9.15 Å². The number of nitrogens with zero attached hydrogens (tertiary/aromatic N) is 4. The second-order valence-electron chi connectivity index (χ2n) is 3.00. The highest BCUT2D eigenvalue weighted by atomic mass is 16.5. The number of hydrogen-bond acceptors (Lipinski definition) is 6. The summed E-state index contributed by atoms with van der Waals surface area (Å²) in [6.45, 7) is 3.79. The highest BCUT2D eigenvalue weighted by Crippen LogP contribution is 2.06. The number of hydrogen-bond donors (Lipinski definition) is 0. The first-order chi connectivity index (χ1) is 7.24. The van der Waals surface area contributed by atoms with Gasteiger partial charge in [-0.2, -0.15) is 0 Å². The molecule has 0 saturated carbocycles. The Morgan fingerprint density at radius 2 is 2.07 bits per heavy atom. The van der Waals surface area contributed by atoms with Crippen LogP contribution in [0.5, 0.6) is 5.88 Å². The summed E-state index contributed by atoms with van der Waals surface area (Å²) in [6.07, 6.45) is 3.19. The maximum atomic E-state index is 5.29. The minimum absolute atomic E-state index is 0.207. The maximum Gasteiger partial charge on any atom is 0.253 e. The van der Waals surface area contributed by atoms with Crippen molar-refractivity contribution >= 4 is 0 Å². The molecule has 0 radical (unpaired) electrons. The van der Waals surface area contributed by atoms with Gasteiger partial charge in [0.15, 0.2) is 6.61 Å². The Hall–Kier alpha value is -1.98. The Labute approximate surface area is 86.3 Å². The lowest BCUT2D eigenvalue weighted by atomic mass is 10.5. The lowest BCUT2D eigenvalue weighted by Gasteiger charge is -2.00. The molecule has 2 aromatic heterocycles. The van der Waals surface area contributed by atoms with E-state index in [0.717, 1.165) is 5.69 Å². The van der Waals surface area contributed by atoms with Gasteiger partial charge in [-0.05, 0) is 6.92 Å². The molecule has 0 aliphatic rings. The molecule has 0 fully saturated rings. The number of aryl methyl sites for hydroxylation is 2. The monoisotopic (exact) mass is 206 g/mol. The van der Waals surface area contributed by atoms with E-state index in [1.807, 2.05) is 6.92 Å². The Bertz CT molecular complexity index is 438. The summed E-state index contributed by atoms with van der Waals surface area (Å²) in [6, 6.07) is 0. The molecule has 0 atom stereocenters. The van der Waals surface area contributed by atoms with Gasteiger partial charge in [-0.1, -0.05) is 0 Å². The SMILES string of the molecule is Cc1cnc(OCc2nnc(C)o2)cn1. The Morgan fingerprint density at radius 1 is 1.20 bits per heavy atom. The van der Waals surface area contributed by atoms with Gasteiger partial charge < -0.3 is 9.15 Å². The van der Waals surface area contributed by atoms with E-state index in [9.17, 15) is 0 Å². The first-order valence-electron chi connectivity index (χ1n) is 4.44. The van der Waals surface area contributed by atoms with Crippen LogP contribution in [-0.2, 0) is 6.61 Å². The highest BCUT2D eigenvalue weighted by molar-refractivity contribution is 5.05. The van der Waals surface area contributed by atoms with Crippen molar-refractivity contribution in [2.24, 2.45) is 0 Å². The molecule has 0 aromatic carbocycles. The molecule has 2 aromatic rings. The van der Waals surface area contributed by atoms with E-state index in [0.29, 0.717) is 17.7 Å². The highest BCUT2D eigenvalue weighted by Gasteiger charge is 2.03. The summed E-state index contributed by atoms with van der Waals surface area (Å²) < 4.78 is 10.4. The molecule has 2 heterocycles.